The standard InChI is InChI=1S/C40H56O3/c1-29(17-13-19-31(3)21-22-36-33(5)25-34(41)26-37(36,6)7)15-11-12-16-30(2)18-14-20-32(4)23-24-40-38(8,9)27-35(42)28-39(40,10)43-40/h11-25,34-36,41-42H,26-28H2,1-10H3/b12-11+,17-13+,18-14+,22-21+,24-23+,29-15+,30-16+,31-19-,32-20-/t34-,35+,36-,39+,40-/m1/s1. The van der Waals surface area contributed by atoms with Gasteiger partial charge in [0, 0.05) is 17.8 Å². The summed E-state index contributed by atoms with van der Waals surface area (Å²) in [6.07, 6.45) is 33.5. The van der Waals surface area contributed by atoms with E-state index < -0.39 is 0 Å². The third kappa shape index (κ3) is 8.91. The Kier molecular flexibility index (Phi) is 11.3. The van der Waals surface area contributed by atoms with E-state index in [4.69, 9.17) is 4.74 Å². The molecule has 0 spiro atoms. The van der Waals surface area contributed by atoms with E-state index in [2.05, 4.69) is 154 Å². The lowest BCUT2D eigenvalue weighted by Gasteiger charge is -2.39. The molecule has 5 atom stereocenters. The highest BCUT2D eigenvalue weighted by Crippen LogP contribution is 2.66. The van der Waals surface area contributed by atoms with Crippen molar-refractivity contribution in [3.05, 3.63) is 119 Å². The van der Waals surface area contributed by atoms with Crippen LogP contribution in [-0.4, -0.2) is 33.6 Å². The van der Waals surface area contributed by atoms with Gasteiger partial charge in [-0.15, -0.1) is 0 Å². The summed E-state index contributed by atoms with van der Waals surface area (Å²) in [7, 11) is 0. The Hall–Kier alpha value is -2.72. The van der Waals surface area contributed by atoms with Crippen LogP contribution in [0.3, 0.4) is 0 Å². The van der Waals surface area contributed by atoms with Gasteiger partial charge in [0.15, 0.2) is 0 Å². The fraction of sp³-hybridized carbons (Fsp3) is 0.500. The molecule has 3 rings (SSSR count). The maximum absolute atomic E-state index is 10.2. The third-order valence-electron chi connectivity index (χ3n) is 9.43. The molecule has 2 N–H and O–H groups in total. The first-order chi connectivity index (χ1) is 20.0. The maximum Gasteiger partial charge on any atom is 0.121 e. The van der Waals surface area contributed by atoms with E-state index in [1.807, 2.05) is 6.08 Å². The van der Waals surface area contributed by atoms with Gasteiger partial charge in [-0.1, -0.05) is 141 Å². The summed E-state index contributed by atoms with van der Waals surface area (Å²) in [5.74, 6) is 0.345. The number of aliphatic hydroxyl groups is 2. The zero-order valence-corrected chi connectivity index (χ0v) is 28.3. The molecule has 0 radical (unpaired) electrons. The molecule has 0 aromatic carbocycles. The van der Waals surface area contributed by atoms with E-state index in [9.17, 15) is 10.2 Å². The van der Waals surface area contributed by atoms with Gasteiger partial charge in [-0.25, -0.2) is 0 Å². The average molecular weight is 585 g/mol. The molecule has 1 aliphatic heterocycles. The van der Waals surface area contributed by atoms with Crippen LogP contribution in [0.5, 0.6) is 0 Å². The molecule has 0 bridgehead atoms. The molecule has 3 heteroatoms. The Labute approximate surface area is 262 Å². The molecule has 1 heterocycles. The lowest BCUT2D eigenvalue weighted by atomic mass is 9.63. The van der Waals surface area contributed by atoms with Crippen LogP contribution in [-0.2, 0) is 4.74 Å². The normalized spacial score (nSPS) is 33.8. The van der Waals surface area contributed by atoms with Crippen molar-refractivity contribution >= 4 is 0 Å². The molecule has 0 unspecified atom stereocenters. The summed E-state index contributed by atoms with van der Waals surface area (Å²) >= 11 is 0. The van der Waals surface area contributed by atoms with Crippen LogP contribution in [0.25, 0.3) is 0 Å². The summed E-state index contributed by atoms with van der Waals surface area (Å²) in [5, 5.41) is 20.3. The topological polar surface area (TPSA) is 53.0 Å². The summed E-state index contributed by atoms with van der Waals surface area (Å²) < 4.78 is 6.25. The first kappa shape index (κ1) is 34.8. The number of ether oxygens (including phenoxy) is 1. The van der Waals surface area contributed by atoms with Crippen molar-refractivity contribution in [1.82, 2.24) is 0 Å². The lowest BCUT2D eigenvalue weighted by molar-refractivity contribution is 0.0515. The first-order valence-electron chi connectivity index (χ1n) is 15.8. The van der Waals surface area contributed by atoms with Crippen LogP contribution in [0.1, 0.15) is 88.5 Å². The van der Waals surface area contributed by atoms with Crippen molar-refractivity contribution in [2.45, 2.75) is 112 Å². The van der Waals surface area contributed by atoms with Gasteiger partial charge in [0.1, 0.15) is 11.2 Å². The minimum atomic E-state index is -0.333. The molecule has 234 valence electrons. The van der Waals surface area contributed by atoms with Crippen LogP contribution < -0.4 is 0 Å². The zero-order chi connectivity index (χ0) is 32.1. The van der Waals surface area contributed by atoms with E-state index >= 15 is 0 Å². The second-order valence-electron chi connectivity index (χ2n) is 14.6. The second kappa shape index (κ2) is 13.9. The molecular weight excluding hydrogens is 528 g/mol. The molecule has 43 heavy (non-hydrogen) atoms. The quantitative estimate of drug-likeness (QED) is 0.153. The molecule has 2 aliphatic carbocycles. The highest BCUT2D eigenvalue weighted by molar-refractivity contribution is 5.37. The fourth-order valence-electron chi connectivity index (χ4n) is 7.07. The van der Waals surface area contributed by atoms with Crippen molar-refractivity contribution < 1.29 is 14.9 Å². The van der Waals surface area contributed by atoms with Crippen LogP contribution in [0.2, 0.25) is 0 Å². The minimum Gasteiger partial charge on any atom is -0.393 e. The van der Waals surface area contributed by atoms with Gasteiger partial charge in [0.2, 0.25) is 0 Å². The molecule has 2 fully saturated rings. The highest BCUT2D eigenvalue weighted by atomic mass is 16.6. The molecule has 3 nitrogen and oxygen atoms in total. The smallest absolute Gasteiger partial charge is 0.121 e. The molecule has 1 saturated heterocycles. The third-order valence-corrected chi connectivity index (χ3v) is 9.43. The van der Waals surface area contributed by atoms with Crippen molar-refractivity contribution in [1.29, 1.82) is 0 Å². The molecular formula is C40H56O3. The zero-order valence-electron chi connectivity index (χ0n) is 28.3. The van der Waals surface area contributed by atoms with Gasteiger partial charge in [-0.05, 0) is 65.9 Å². The van der Waals surface area contributed by atoms with Gasteiger partial charge >= 0.3 is 0 Å². The molecule has 3 aliphatic rings. The van der Waals surface area contributed by atoms with Crippen molar-refractivity contribution in [3.8, 4) is 0 Å². The SMILES string of the molecule is CC1=C[C@@H](O)CC(C)(C)[C@@H]1/C=C/C(C)=C\C=C\C(C)=C\C=C\C=C(C)\C=C\C=C(C)/C=C/[C@]12O[C@@]1(C)C[C@@H](O)CC2(C)C. The van der Waals surface area contributed by atoms with Crippen LogP contribution in [0.15, 0.2) is 119 Å². The maximum atomic E-state index is 10.2. The Balaban J connectivity index is 1.49. The minimum absolute atomic E-state index is 0.0547. The average Bonchev–Trinajstić information content (AvgIpc) is 3.49. The number of rotatable bonds is 10. The number of fused-ring (bicyclic) bond motifs is 1. The number of hydrogen-bond acceptors (Lipinski definition) is 3. The lowest BCUT2D eigenvalue weighted by Crippen LogP contribution is -2.46. The Morgan fingerprint density at radius 2 is 1.23 bits per heavy atom. The predicted octanol–water partition coefficient (Wildman–Crippen LogP) is 9.61. The van der Waals surface area contributed by atoms with E-state index in [-0.39, 0.29) is 34.2 Å². The van der Waals surface area contributed by atoms with E-state index in [1.54, 1.807) is 0 Å². The van der Waals surface area contributed by atoms with Crippen LogP contribution >= 0.6 is 0 Å². The fourth-order valence-corrected chi connectivity index (χ4v) is 7.07. The number of hydrogen-bond donors (Lipinski definition) is 2. The Morgan fingerprint density at radius 3 is 1.77 bits per heavy atom. The van der Waals surface area contributed by atoms with E-state index in [0.29, 0.717) is 12.3 Å². The molecule has 0 aromatic rings. The molecule has 1 saturated carbocycles. The first-order valence-corrected chi connectivity index (χ1v) is 15.8. The van der Waals surface area contributed by atoms with Gasteiger partial charge in [0.05, 0.1) is 12.2 Å². The number of allylic oxidation sites excluding steroid dienone is 18. The number of epoxide rings is 1. The molecule has 0 amide bonds. The predicted molar refractivity (Wildman–Crippen MR) is 184 cm³/mol. The summed E-state index contributed by atoms with van der Waals surface area (Å²) in [6, 6.07) is 0. The largest absolute Gasteiger partial charge is 0.393 e. The number of aliphatic hydroxyl groups excluding tert-OH is 2. The van der Waals surface area contributed by atoms with Crippen molar-refractivity contribution in [3.63, 3.8) is 0 Å². The van der Waals surface area contributed by atoms with Crippen molar-refractivity contribution in [2.75, 3.05) is 0 Å². The van der Waals surface area contributed by atoms with Gasteiger partial charge < -0.3 is 14.9 Å². The van der Waals surface area contributed by atoms with E-state index in [0.717, 1.165) is 12.8 Å². The van der Waals surface area contributed by atoms with Crippen LogP contribution in [0, 0.1) is 16.7 Å². The van der Waals surface area contributed by atoms with E-state index in [1.165, 1.54) is 27.9 Å². The van der Waals surface area contributed by atoms with Gasteiger partial charge in [0.25, 0.3) is 0 Å². The Morgan fingerprint density at radius 1 is 0.721 bits per heavy atom. The second-order valence-corrected chi connectivity index (χ2v) is 14.6. The Bertz CT molecular complexity index is 1320. The summed E-state index contributed by atoms with van der Waals surface area (Å²) in [5.41, 5.74) is 5.38. The molecule has 0 aromatic heterocycles. The summed E-state index contributed by atoms with van der Waals surface area (Å²) in [4.78, 5) is 0. The summed E-state index contributed by atoms with van der Waals surface area (Å²) in [6.45, 7) is 21.5. The van der Waals surface area contributed by atoms with Gasteiger partial charge in [-0.2, -0.15) is 0 Å². The van der Waals surface area contributed by atoms with Gasteiger partial charge in [-0.3, -0.25) is 0 Å². The van der Waals surface area contributed by atoms with Crippen LogP contribution in [0.4, 0.5) is 0 Å². The van der Waals surface area contributed by atoms with Crippen molar-refractivity contribution in [2.24, 2.45) is 16.7 Å². The monoisotopic (exact) mass is 584 g/mol. The highest BCUT2D eigenvalue weighted by Gasteiger charge is 2.74.